The molecule has 8 heteroatoms. The van der Waals surface area contributed by atoms with Crippen LogP contribution in [0.5, 0.6) is 0 Å². The van der Waals surface area contributed by atoms with Gasteiger partial charge in [-0.15, -0.1) is 0 Å². The zero-order valence-corrected chi connectivity index (χ0v) is 17.9. The fourth-order valence-electron chi connectivity index (χ4n) is 3.28. The monoisotopic (exact) mass is 440 g/mol. The van der Waals surface area contributed by atoms with Crippen LogP contribution in [0.3, 0.4) is 0 Å². The van der Waals surface area contributed by atoms with Crippen molar-refractivity contribution in [3.8, 4) is 0 Å². The average molecular weight is 441 g/mol. The van der Waals surface area contributed by atoms with E-state index in [1.165, 1.54) is 6.07 Å². The van der Waals surface area contributed by atoms with E-state index in [1.807, 2.05) is 30.0 Å². The highest BCUT2D eigenvalue weighted by Crippen LogP contribution is 2.29. The highest BCUT2D eigenvalue weighted by atomic mass is 35.5. The van der Waals surface area contributed by atoms with Crippen LogP contribution >= 0.6 is 23.2 Å². The summed E-state index contributed by atoms with van der Waals surface area (Å²) in [6, 6.07) is 10.5. The first-order valence-corrected chi connectivity index (χ1v) is 11.5. The van der Waals surface area contributed by atoms with E-state index < -0.39 is 10.0 Å². The molecule has 0 spiro atoms. The second-order valence-electron chi connectivity index (χ2n) is 6.82. The summed E-state index contributed by atoms with van der Waals surface area (Å²) in [6.45, 7) is 2.92. The summed E-state index contributed by atoms with van der Waals surface area (Å²) in [5.74, 6) is -0.0742. The first-order valence-electron chi connectivity index (χ1n) is 9.12. The molecule has 0 aliphatic carbocycles. The van der Waals surface area contributed by atoms with Crippen LogP contribution in [-0.2, 0) is 33.5 Å². The van der Waals surface area contributed by atoms with Crippen molar-refractivity contribution < 1.29 is 13.2 Å². The third-order valence-electron chi connectivity index (χ3n) is 4.65. The summed E-state index contributed by atoms with van der Waals surface area (Å²) in [4.78, 5) is 13.9. The molecule has 0 saturated heterocycles. The summed E-state index contributed by atoms with van der Waals surface area (Å²) >= 11 is 11.9. The Morgan fingerprint density at radius 3 is 2.61 bits per heavy atom. The van der Waals surface area contributed by atoms with Crippen molar-refractivity contribution in [2.45, 2.75) is 38.5 Å². The fraction of sp³-hybridized carbons (Fsp3) is 0.350. The third-order valence-corrected chi connectivity index (χ3v) is 6.51. The van der Waals surface area contributed by atoms with Crippen molar-refractivity contribution in [2.75, 3.05) is 11.4 Å². The Labute approximate surface area is 175 Å². The maximum atomic E-state index is 12.4. The van der Waals surface area contributed by atoms with Gasteiger partial charge in [0, 0.05) is 35.2 Å². The predicted molar refractivity (Wildman–Crippen MR) is 113 cm³/mol. The van der Waals surface area contributed by atoms with E-state index in [0.717, 1.165) is 23.2 Å². The standard InChI is InChI=1S/C20H22Cl2N2O3S/c1-2-9-24-19-7-3-14(10-15(19)5-8-20(24)25)12-23-28(26,27)13-16-4-6-17(21)11-18(16)22/h3-4,6-7,10-11,23H,2,5,8-9,12-13H2,1H3. The number of nitrogens with zero attached hydrogens (tertiary/aromatic N) is 1. The van der Waals surface area contributed by atoms with E-state index in [4.69, 9.17) is 23.2 Å². The Morgan fingerprint density at radius 1 is 1.11 bits per heavy atom. The predicted octanol–water partition coefficient (Wildman–Crippen LogP) is 4.30. The smallest absolute Gasteiger partial charge is 0.227 e. The van der Waals surface area contributed by atoms with Gasteiger partial charge in [-0.05, 0) is 47.7 Å². The van der Waals surface area contributed by atoms with Crippen LogP contribution < -0.4 is 9.62 Å². The van der Waals surface area contributed by atoms with Crippen molar-refractivity contribution in [1.82, 2.24) is 4.72 Å². The van der Waals surface area contributed by atoms with Crippen molar-refractivity contribution in [1.29, 1.82) is 0 Å². The Morgan fingerprint density at radius 2 is 1.89 bits per heavy atom. The number of anilines is 1. The van der Waals surface area contributed by atoms with Gasteiger partial charge < -0.3 is 4.90 Å². The average Bonchev–Trinajstić information content (AvgIpc) is 2.65. The van der Waals surface area contributed by atoms with Gasteiger partial charge in [-0.25, -0.2) is 13.1 Å². The topological polar surface area (TPSA) is 66.5 Å². The van der Waals surface area contributed by atoms with E-state index in [9.17, 15) is 13.2 Å². The number of hydrogen-bond donors (Lipinski definition) is 1. The van der Waals surface area contributed by atoms with Crippen molar-refractivity contribution in [3.63, 3.8) is 0 Å². The number of benzene rings is 2. The van der Waals surface area contributed by atoms with Crippen LogP contribution in [0.25, 0.3) is 0 Å². The van der Waals surface area contributed by atoms with Crippen LogP contribution in [-0.4, -0.2) is 20.9 Å². The largest absolute Gasteiger partial charge is 0.312 e. The number of fused-ring (bicyclic) bond motifs is 1. The molecule has 1 amide bonds. The highest BCUT2D eigenvalue weighted by molar-refractivity contribution is 7.88. The van der Waals surface area contributed by atoms with Gasteiger partial charge >= 0.3 is 0 Å². The van der Waals surface area contributed by atoms with Gasteiger partial charge in [-0.1, -0.05) is 48.3 Å². The van der Waals surface area contributed by atoms with Gasteiger partial charge in [-0.3, -0.25) is 4.79 Å². The number of sulfonamides is 1. The Hall–Kier alpha value is -1.60. The summed E-state index contributed by atoms with van der Waals surface area (Å²) in [5, 5.41) is 0.788. The molecule has 5 nitrogen and oxygen atoms in total. The number of amides is 1. The molecule has 1 aliphatic heterocycles. The molecule has 2 aromatic carbocycles. The Bertz CT molecular complexity index is 993. The molecule has 150 valence electrons. The molecule has 2 aromatic rings. The maximum absolute atomic E-state index is 12.4. The molecule has 1 N–H and O–H groups in total. The molecule has 0 atom stereocenters. The minimum atomic E-state index is -3.56. The molecule has 0 bridgehead atoms. The Kier molecular flexibility index (Phi) is 6.65. The molecule has 28 heavy (non-hydrogen) atoms. The van der Waals surface area contributed by atoms with E-state index in [0.29, 0.717) is 35.0 Å². The molecule has 0 saturated carbocycles. The molecule has 1 heterocycles. The quantitative estimate of drug-likeness (QED) is 0.697. The maximum Gasteiger partial charge on any atom is 0.227 e. The zero-order valence-electron chi connectivity index (χ0n) is 15.5. The van der Waals surface area contributed by atoms with Crippen LogP contribution in [0, 0.1) is 0 Å². The van der Waals surface area contributed by atoms with Gasteiger partial charge in [-0.2, -0.15) is 0 Å². The lowest BCUT2D eigenvalue weighted by Crippen LogP contribution is -2.35. The second-order valence-corrected chi connectivity index (χ2v) is 9.47. The summed E-state index contributed by atoms with van der Waals surface area (Å²) in [7, 11) is -3.56. The van der Waals surface area contributed by atoms with E-state index >= 15 is 0 Å². The van der Waals surface area contributed by atoms with E-state index in [2.05, 4.69) is 4.72 Å². The molecular weight excluding hydrogens is 419 g/mol. The number of nitrogens with one attached hydrogen (secondary N) is 1. The number of rotatable bonds is 7. The number of carbonyl (C=O) groups excluding carboxylic acids is 1. The number of hydrogen-bond acceptors (Lipinski definition) is 3. The molecule has 3 rings (SSSR count). The van der Waals surface area contributed by atoms with Crippen molar-refractivity contribution >= 4 is 44.8 Å². The lowest BCUT2D eigenvalue weighted by Gasteiger charge is -2.29. The summed E-state index contributed by atoms with van der Waals surface area (Å²) < 4.78 is 27.5. The van der Waals surface area contributed by atoms with E-state index in [-0.39, 0.29) is 18.2 Å². The minimum Gasteiger partial charge on any atom is -0.312 e. The Balaban J connectivity index is 1.70. The molecule has 0 unspecified atom stereocenters. The molecule has 0 aromatic heterocycles. The fourth-order valence-corrected chi connectivity index (χ4v) is 4.98. The van der Waals surface area contributed by atoms with Crippen molar-refractivity contribution in [3.05, 3.63) is 63.1 Å². The van der Waals surface area contributed by atoms with Crippen molar-refractivity contribution in [2.24, 2.45) is 0 Å². The molecule has 1 aliphatic rings. The zero-order chi connectivity index (χ0) is 20.3. The minimum absolute atomic E-state index is 0.141. The van der Waals surface area contributed by atoms with Gasteiger partial charge in [0.2, 0.25) is 15.9 Å². The molecular formula is C20H22Cl2N2O3S. The summed E-state index contributed by atoms with van der Waals surface area (Å²) in [5.41, 5.74) is 3.36. The SMILES string of the molecule is CCCN1C(=O)CCc2cc(CNS(=O)(=O)Cc3ccc(Cl)cc3Cl)ccc21. The third kappa shape index (κ3) is 5.06. The highest BCUT2D eigenvalue weighted by Gasteiger charge is 2.23. The van der Waals surface area contributed by atoms with Gasteiger partial charge in [0.1, 0.15) is 0 Å². The van der Waals surface area contributed by atoms with E-state index in [1.54, 1.807) is 12.1 Å². The summed E-state index contributed by atoms with van der Waals surface area (Å²) in [6.07, 6.45) is 2.05. The lowest BCUT2D eigenvalue weighted by atomic mass is 9.98. The molecule has 0 radical (unpaired) electrons. The normalized spacial score (nSPS) is 14.2. The van der Waals surface area contributed by atoms with Gasteiger partial charge in [0.25, 0.3) is 0 Å². The second kappa shape index (κ2) is 8.82. The van der Waals surface area contributed by atoms with Crippen LogP contribution in [0.1, 0.15) is 36.5 Å². The van der Waals surface area contributed by atoms with Crippen LogP contribution in [0.2, 0.25) is 10.0 Å². The lowest BCUT2D eigenvalue weighted by molar-refractivity contribution is -0.118. The van der Waals surface area contributed by atoms with Gasteiger partial charge in [0.05, 0.1) is 5.75 Å². The van der Waals surface area contributed by atoms with Gasteiger partial charge in [0.15, 0.2) is 0 Å². The first kappa shape index (κ1) is 21.1. The molecule has 0 fully saturated rings. The van der Waals surface area contributed by atoms with Crippen LogP contribution in [0.4, 0.5) is 5.69 Å². The number of carbonyl (C=O) groups is 1. The van der Waals surface area contributed by atoms with Crippen LogP contribution in [0.15, 0.2) is 36.4 Å². The number of halogens is 2. The first-order chi connectivity index (χ1) is 13.3. The number of aryl methyl sites for hydroxylation is 1.